The number of carbonyl (C=O) groups is 1. The van der Waals surface area contributed by atoms with Crippen molar-refractivity contribution in [2.24, 2.45) is 5.73 Å². The molecule has 0 aliphatic carbocycles. The quantitative estimate of drug-likeness (QED) is 0.652. The van der Waals surface area contributed by atoms with Gasteiger partial charge in [-0.05, 0) is 44.5 Å². The highest BCUT2D eigenvalue weighted by atomic mass is 16.1. The van der Waals surface area contributed by atoms with Crippen LogP contribution >= 0.6 is 0 Å². The van der Waals surface area contributed by atoms with Gasteiger partial charge in [0, 0.05) is 11.4 Å². The van der Waals surface area contributed by atoms with Gasteiger partial charge in [0.25, 0.3) is 0 Å². The first-order valence-corrected chi connectivity index (χ1v) is 4.76. The first-order valence-electron chi connectivity index (χ1n) is 4.76. The van der Waals surface area contributed by atoms with Crippen LogP contribution in [-0.2, 0) is 4.79 Å². The maximum Gasteiger partial charge on any atom is 0.242 e. The standard InChI is InChI=1S/C11H17N3O/c1-7-4-8(12)6-9(5-7)14-11(2,3)10(13)15/h4-6,14H,12H2,1-3H3,(H2,13,15). The molecule has 0 radical (unpaired) electrons. The van der Waals surface area contributed by atoms with Crippen LogP contribution < -0.4 is 16.8 Å². The molecule has 1 rings (SSSR count). The molecule has 0 saturated heterocycles. The lowest BCUT2D eigenvalue weighted by Gasteiger charge is -2.24. The van der Waals surface area contributed by atoms with Crippen LogP contribution in [0.2, 0.25) is 0 Å². The van der Waals surface area contributed by atoms with Crippen molar-refractivity contribution in [1.29, 1.82) is 0 Å². The number of anilines is 2. The molecule has 0 aromatic heterocycles. The summed E-state index contributed by atoms with van der Waals surface area (Å²) in [5.74, 6) is -0.400. The minimum absolute atomic E-state index is 0.400. The second kappa shape index (κ2) is 3.81. The Kier molecular flexibility index (Phi) is 2.88. The van der Waals surface area contributed by atoms with Gasteiger partial charge in [-0.3, -0.25) is 4.79 Å². The third-order valence-corrected chi connectivity index (χ3v) is 2.17. The maximum atomic E-state index is 11.1. The van der Waals surface area contributed by atoms with E-state index in [1.165, 1.54) is 0 Å². The minimum atomic E-state index is -0.778. The zero-order chi connectivity index (χ0) is 11.6. The van der Waals surface area contributed by atoms with Gasteiger partial charge >= 0.3 is 0 Å². The van der Waals surface area contributed by atoms with Gasteiger partial charge in [-0.2, -0.15) is 0 Å². The summed E-state index contributed by atoms with van der Waals surface area (Å²) in [4.78, 5) is 11.1. The van der Waals surface area contributed by atoms with E-state index in [0.29, 0.717) is 5.69 Å². The van der Waals surface area contributed by atoms with Crippen molar-refractivity contribution in [2.75, 3.05) is 11.1 Å². The number of nitrogen functional groups attached to an aromatic ring is 1. The molecule has 4 nitrogen and oxygen atoms in total. The van der Waals surface area contributed by atoms with Crippen LogP contribution in [0, 0.1) is 6.92 Å². The molecule has 0 fully saturated rings. The normalized spacial score (nSPS) is 11.1. The van der Waals surface area contributed by atoms with Gasteiger partial charge in [-0.25, -0.2) is 0 Å². The molecule has 0 unspecified atom stereocenters. The topological polar surface area (TPSA) is 81.1 Å². The Bertz CT molecular complexity index is 365. The summed E-state index contributed by atoms with van der Waals surface area (Å²) in [7, 11) is 0. The number of hydrogen-bond donors (Lipinski definition) is 3. The molecule has 0 saturated carbocycles. The molecule has 15 heavy (non-hydrogen) atoms. The van der Waals surface area contributed by atoms with Gasteiger partial charge < -0.3 is 16.8 Å². The highest BCUT2D eigenvalue weighted by Gasteiger charge is 2.24. The van der Waals surface area contributed by atoms with Crippen LogP contribution in [-0.4, -0.2) is 11.4 Å². The summed E-state index contributed by atoms with van der Waals surface area (Å²) in [5.41, 5.74) is 12.7. The van der Waals surface area contributed by atoms with Gasteiger partial charge in [0.15, 0.2) is 0 Å². The molecule has 1 aromatic rings. The molecule has 0 aliphatic rings. The molecule has 1 aromatic carbocycles. The Balaban J connectivity index is 2.94. The van der Waals surface area contributed by atoms with Gasteiger partial charge in [0.05, 0.1) is 0 Å². The van der Waals surface area contributed by atoms with Gasteiger partial charge in [0.1, 0.15) is 5.54 Å². The van der Waals surface area contributed by atoms with Crippen molar-refractivity contribution < 1.29 is 4.79 Å². The largest absolute Gasteiger partial charge is 0.399 e. The van der Waals surface area contributed by atoms with E-state index in [-0.39, 0.29) is 0 Å². The van der Waals surface area contributed by atoms with Crippen LogP contribution in [0.3, 0.4) is 0 Å². The van der Waals surface area contributed by atoms with Crippen molar-refractivity contribution in [3.63, 3.8) is 0 Å². The predicted octanol–water partition coefficient (Wildman–Crippen LogP) is 1.25. The fraction of sp³-hybridized carbons (Fsp3) is 0.364. The Hall–Kier alpha value is -1.71. The lowest BCUT2D eigenvalue weighted by molar-refractivity contribution is -0.121. The molecule has 1 amide bonds. The third kappa shape index (κ3) is 2.87. The molecule has 4 heteroatoms. The van der Waals surface area contributed by atoms with Crippen molar-refractivity contribution in [3.05, 3.63) is 23.8 Å². The summed E-state index contributed by atoms with van der Waals surface area (Å²) in [5, 5.41) is 3.04. The fourth-order valence-corrected chi connectivity index (χ4v) is 1.31. The molecule has 0 bridgehead atoms. The lowest BCUT2D eigenvalue weighted by atomic mass is 10.0. The molecule has 5 N–H and O–H groups in total. The van der Waals surface area contributed by atoms with Crippen molar-refractivity contribution in [1.82, 2.24) is 0 Å². The summed E-state index contributed by atoms with van der Waals surface area (Å²) >= 11 is 0. The maximum absolute atomic E-state index is 11.1. The molecular weight excluding hydrogens is 190 g/mol. The van der Waals surface area contributed by atoms with E-state index in [1.807, 2.05) is 19.1 Å². The van der Waals surface area contributed by atoms with E-state index in [1.54, 1.807) is 19.9 Å². The Morgan fingerprint density at radius 3 is 2.40 bits per heavy atom. The smallest absolute Gasteiger partial charge is 0.242 e. The molecule has 0 spiro atoms. The van der Waals surface area contributed by atoms with E-state index in [9.17, 15) is 4.79 Å². The Labute approximate surface area is 89.6 Å². The first kappa shape index (κ1) is 11.4. The highest BCUT2D eigenvalue weighted by molar-refractivity contribution is 5.87. The fourth-order valence-electron chi connectivity index (χ4n) is 1.31. The van der Waals surface area contributed by atoms with Crippen LogP contribution in [0.5, 0.6) is 0 Å². The Morgan fingerprint density at radius 2 is 1.93 bits per heavy atom. The number of aryl methyl sites for hydroxylation is 1. The average Bonchev–Trinajstić information content (AvgIpc) is 1.99. The lowest BCUT2D eigenvalue weighted by Crippen LogP contribution is -2.45. The number of amides is 1. The van der Waals surface area contributed by atoms with Crippen LogP contribution in [0.25, 0.3) is 0 Å². The number of primary amides is 1. The van der Waals surface area contributed by atoms with Crippen molar-refractivity contribution >= 4 is 17.3 Å². The molecule has 0 aliphatic heterocycles. The third-order valence-electron chi connectivity index (χ3n) is 2.17. The zero-order valence-corrected chi connectivity index (χ0v) is 9.29. The summed E-state index contributed by atoms with van der Waals surface area (Å²) < 4.78 is 0. The second-order valence-electron chi connectivity index (χ2n) is 4.25. The first-order chi connectivity index (χ1) is 6.81. The number of carbonyl (C=O) groups excluding carboxylic acids is 1. The van der Waals surface area contributed by atoms with Crippen molar-refractivity contribution in [2.45, 2.75) is 26.3 Å². The van der Waals surface area contributed by atoms with E-state index in [4.69, 9.17) is 11.5 Å². The van der Waals surface area contributed by atoms with Gasteiger partial charge in [-0.1, -0.05) is 0 Å². The molecule has 82 valence electrons. The Morgan fingerprint density at radius 1 is 1.33 bits per heavy atom. The van der Waals surface area contributed by atoms with Crippen LogP contribution in [0.15, 0.2) is 18.2 Å². The zero-order valence-electron chi connectivity index (χ0n) is 9.29. The minimum Gasteiger partial charge on any atom is -0.399 e. The van der Waals surface area contributed by atoms with E-state index >= 15 is 0 Å². The summed E-state index contributed by atoms with van der Waals surface area (Å²) in [6.45, 7) is 5.40. The summed E-state index contributed by atoms with van der Waals surface area (Å²) in [6.07, 6.45) is 0. The number of hydrogen-bond acceptors (Lipinski definition) is 3. The highest BCUT2D eigenvalue weighted by Crippen LogP contribution is 2.19. The molecular formula is C11H17N3O. The van der Waals surface area contributed by atoms with Crippen molar-refractivity contribution in [3.8, 4) is 0 Å². The number of nitrogens with two attached hydrogens (primary N) is 2. The monoisotopic (exact) mass is 207 g/mol. The van der Waals surface area contributed by atoms with E-state index in [0.717, 1.165) is 11.3 Å². The molecule has 0 heterocycles. The second-order valence-corrected chi connectivity index (χ2v) is 4.25. The predicted molar refractivity (Wildman–Crippen MR) is 62.5 cm³/mol. The van der Waals surface area contributed by atoms with Crippen LogP contribution in [0.4, 0.5) is 11.4 Å². The number of benzene rings is 1. The SMILES string of the molecule is Cc1cc(N)cc(NC(C)(C)C(N)=O)c1. The number of nitrogens with one attached hydrogen (secondary N) is 1. The van der Waals surface area contributed by atoms with Crippen LogP contribution in [0.1, 0.15) is 19.4 Å². The average molecular weight is 207 g/mol. The number of rotatable bonds is 3. The summed E-state index contributed by atoms with van der Waals surface area (Å²) in [6, 6.07) is 5.56. The van der Waals surface area contributed by atoms with E-state index < -0.39 is 11.4 Å². The molecule has 0 atom stereocenters. The van der Waals surface area contributed by atoms with E-state index in [2.05, 4.69) is 5.32 Å². The van der Waals surface area contributed by atoms with Gasteiger partial charge in [0.2, 0.25) is 5.91 Å². The van der Waals surface area contributed by atoms with Gasteiger partial charge in [-0.15, -0.1) is 0 Å².